The maximum absolute atomic E-state index is 6.13. The number of aromatic nitrogens is 2. The average molecular weight is 286 g/mol. The summed E-state index contributed by atoms with van der Waals surface area (Å²) >= 11 is 0. The Bertz CT molecular complexity index is 640. The lowest BCUT2D eigenvalue weighted by atomic mass is 10.0. The van der Waals surface area contributed by atoms with Gasteiger partial charge >= 0.3 is 0 Å². The molecule has 5 heteroatoms. The molecule has 4 rings (SSSR count). The highest BCUT2D eigenvalue weighted by Gasteiger charge is 2.41. The predicted octanol–water partition coefficient (Wildman–Crippen LogP) is 1.24. The number of likely N-dealkylation sites (N-methyl/N-ethyl adjacent to an activating group) is 1. The molecule has 2 aromatic heterocycles. The molecule has 4 heterocycles. The fourth-order valence-electron chi connectivity index (χ4n) is 3.70. The van der Waals surface area contributed by atoms with Crippen molar-refractivity contribution < 1.29 is 4.74 Å². The van der Waals surface area contributed by atoms with E-state index in [9.17, 15) is 0 Å². The third-order valence-electron chi connectivity index (χ3n) is 4.72. The van der Waals surface area contributed by atoms with Gasteiger partial charge in [-0.05, 0) is 31.7 Å². The lowest BCUT2D eigenvalue weighted by molar-refractivity contribution is -0.0951. The topological polar surface area (TPSA) is 33.0 Å². The van der Waals surface area contributed by atoms with Crippen LogP contribution < -0.4 is 0 Å². The Balaban J connectivity index is 1.50. The van der Waals surface area contributed by atoms with E-state index in [1.807, 2.05) is 16.8 Å². The Morgan fingerprint density at radius 3 is 3.10 bits per heavy atom. The minimum atomic E-state index is 0.0466. The second-order valence-electron chi connectivity index (χ2n) is 6.41. The Morgan fingerprint density at radius 1 is 1.24 bits per heavy atom. The zero-order valence-electron chi connectivity index (χ0n) is 12.5. The van der Waals surface area contributed by atoms with Crippen LogP contribution >= 0.6 is 0 Å². The van der Waals surface area contributed by atoms with Crippen molar-refractivity contribution in [1.82, 2.24) is 19.4 Å². The first-order valence-corrected chi connectivity index (χ1v) is 7.71. The first-order valence-electron chi connectivity index (χ1n) is 7.71. The van der Waals surface area contributed by atoms with Crippen LogP contribution in [0.15, 0.2) is 30.5 Å². The maximum Gasteiger partial charge on any atom is 0.0947 e. The van der Waals surface area contributed by atoms with E-state index in [0.717, 1.165) is 51.3 Å². The number of morpholine rings is 1. The first kappa shape index (κ1) is 13.2. The fraction of sp³-hybridized carbons (Fsp3) is 0.562. The number of hydrogen-bond donors (Lipinski definition) is 0. The van der Waals surface area contributed by atoms with Gasteiger partial charge in [0.25, 0.3) is 0 Å². The zero-order valence-corrected chi connectivity index (χ0v) is 12.5. The monoisotopic (exact) mass is 286 g/mol. The molecule has 112 valence electrons. The molecule has 5 nitrogen and oxygen atoms in total. The van der Waals surface area contributed by atoms with Crippen molar-refractivity contribution in [3.05, 3.63) is 36.2 Å². The number of ether oxygens (including phenoxy) is 1. The number of pyridine rings is 1. The molecule has 2 aliphatic heterocycles. The smallest absolute Gasteiger partial charge is 0.0947 e. The molecule has 1 atom stereocenters. The van der Waals surface area contributed by atoms with E-state index in [-0.39, 0.29) is 5.60 Å². The first-order chi connectivity index (χ1) is 10.2. The second-order valence-corrected chi connectivity index (χ2v) is 6.41. The normalized spacial score (nSPS) is 27.9. The molecule has 1 spiro atoms. The molecule has 0 bridgehead atoms. The van der Waals surface area contributed by atoms with Crippen LogP contribution in [-0.4, -0.2) is 64.8 Å². The van der Waals surface area contributed by atoms with Gasteiger partial charge < -0.3 is 9.64 Å². The molecular formula is C16H22N4O. The summed E-state index contributed by atoms with van der Waals surface area (Å²) in [5.74, 6) is 0. The Hall–Kier alpha value is -1.43. The number of hydrogen-bond acceptors (Lipinski definition) is 4. The molecular weight excluding hydrogens is 264 g/mol. The largest absolute Gasteiger partial charge is 0.371 e. The van der Waals surface area contributed by atoms with Gasteiger partial charge in [0.05, 0.1) is 23.4 Å². The van der Waals surface area contributed by atoms with Crippen molar-refractivity contribution in [3.8, 4) is 0 Å². The van der Waals surface area contributed by atoms with Crippen LogP contribution in [0.5, 0.6) is 0 Å². The van der Waals surface area contributed by atoms with Crippen molar-refractivity contribution in [2.24, 2.45) is 0 Å². The molecule has 0 amide bonds. The lowest BCUT2D eigenvalue weighted by Crippen LogP contribution is -2.51. The van der Waals surface area contributed by atoms with Gasteiger partial charge in [0.2, 0.25) is 0 Å². The van der Waals surface area contributed by atoms with Crippen molar-refractivity contribution in [2.75, 3.05) is 39.8 Å². The molecule has 2 saturated heterocycles. The van der Waals surface area contributed by atoms with E-state index < -0.39 is 0 Å². The van der Waals surface area contributed by atoms with Crippen LogP contribution in [0.3, 0.4) is 0 Å². The molecule has 0 saturated carbocycles. The summed E-state index contributed by atoms with van der Waals surface area (Å²) in [4.78, 5) is 4.89. The SMILES string of the molecule is CN1CCOC2(CCN(Cc3cccc4ccnn34)C2)C1. The van der Waals surface area contributed by atoms with Crippen LogP contribution in [0.4, 0.5) is 0 Å². The van der Waals surface area contributed by atoms with Gasteiger partial charge in [0.15, 0.2) is 0 Å². The van der Waals surface area contributed by atoms with E-state index in [4.69, 9.17) is 4.74 Å². The predicted molar refractivity (Wildman–Crippen MR) is 81.3 cm³/mol. The molecule has 2 aliphatic rings. The fourth-order valence-corrected chi connectivity index (χ4v) is 3.70. The zero-order chi connectivity index (χ0) is 14.3. The van der Waals surface area contributed by atoms with E-state index in [1.54, 1.807) is 0 Å². The maximum atomic E-state index is 6.13. The summed E-state index contributed by atoms with van der Waals surface area (Å²) in [6.45, 7) is 6.03. The van der Waals surface area contributed by atoms with Gasteiger partial charge in [0, 0.05) is 38.9 Å². The van der Waals surface area contributed by atoms with E-state index in [0.29, 0.717) is 0 Å². The van der Waals surface area contributed by atoms with Crippen molar-refractivity contribution in [3.63, 3.8) is 0 Å². The van der Waals surface area contributed by atoms with E-state index in [2.05, 4.69) is 40.1 Å². The van der Waals surface area contributed by atoms with Gasteiger partial charge in [0.1, 0.15) is 0 Å². The number of fused-ring (bicyclic) bond motifs is 1. The third-order valence-corrected chi connectivity index (χ3v) is 4.72. The lowest BCUT2D eigenvalue weighted by Gasteiger charge is -2.38. The molecule has 2 aromatic rings. The summed E-state index contributed by atoms with van der Waals surface area (Å²) < 4.78 is 8.17. The van der Waals surface area contributed by atoms with Crippen molar-refractivity contribution in [2.45, 2.75) is 18.6 Å². The average Bonchev–Trinajstić information content (AvgIpc) is 3.07. The molecule has 1 unspecified atom stereocenters. The molecule has 0 aliphatic carbocycles. The van der Waals surface area contributed by atoms with Crippen LogP contribution in [-0.2, 0) is 11.3 Å². The van der Waals surface area contributed by atoms with Crippen molar-refractivity contribution >= 4 is 5.52 Å². The number of rotatable bonds is 2. The van der Waals surface area contributed by atoms with Gasteiger partial charge in [-0.2, -0.15) is 5.10 Å². The van der Waals surface area contributed by atoms with Gasteiger partial charge in [-0.15, -0.1) is 0 Å². The summed E-state index contributed by atoms with van der Waals surface area (Å²) in [5, 5.41) is 4.43. The van der Waals surface area contributed by atoms with Crippen LogP contribution in [0.1, 0.15) is 12.1 Å². The van der Waals surface area contributed by atoms with E-state index >= 15 is 0 Å². The summed E-state index contributed by atoms with van der Waals surface area (Å²) in [5.41, 5.74) is 2.46. The highest BCUT2D eigenvalue weighted by atomic mass is 16.5. The molecule has 0 aromatic carbocycles. The van der Waals surface area contributed by atoms with Gasteiger partial charge in [-0.1, -0.05) is 6.07 Å². The highest BCUT2D eigenvalue weighted by molar-refractivity contribution is 5.46. The quantitative estimate of drug-likeness (QED) is 0.832. The minimum Gasteiger partial charge on any atom is -0.371 e. The third kappa shape index (κ3) is 2.46. The van der Waals surface area contributed by atoms with Crippen LogP contribution in [0, 0.1) is 0 Å². The van der Waals surface area contributed by atoms with Crippen LogP contribution in [0.25, 0.3) is 5.52 Å². The Kier molecular flexibility index (Phi) is 3.21. The van der Waals surface area contributed by atoms with Gasteiger partial charge in [-0.3, -0.25) is 4.90 Å². The standard InChI is InChI=1S/C16H22N4O/c1-18-9-10-21-16(12-18)6-8-19(13-16)11-15-4-2-3-14-5-7-17-20(14)15/h2-5,7H,6,8-13H2,1H3. The molecule has 21 heavy (non-hydrogen) atoms. The Morgan fingerprint density at radius 2 is 2.19 bits per heavy atom. The summed E-state index contributed by atoms with van der Waals surface area (Å²) in [7, 11) is 2.19. The molecule has 0 N–H and O–H groups in total. The van der Waals surface area contributed by atoms with Gasteiger partial charge in [-0.25, -0.2) is 4.52 Å². The van der Waals surface area contributed by atoms with E-state index in [1.165, 1.54) is 5.69 Å². The number of nitrogens with zero attached hydrogens (tertiary/aromatic N) is 4. The minimum absolute atomic E-state index is 0.0466. The molecule has 0 radical (unpaired) electrons. The Labute approximate surface area is 125 Å². The summed E-state index contributed by atoms with van der Waals surface area (Å²) in [6, 6.07) is 8.43. The highest BCUT2D eigenvalue weighted by Crippen LogP contribution is 2.29. The number of likely N-dealkylation sites (tertiary alicyclic amines) is 1. The second kappa shape index (κ2) is 5.09. The molecule has 2 fully saturated rings. The van der Waals surface area contributed by atoms with Crippen molar-refractivity contribution in [1.29, 1.82) is 0 Å². The van der Waals surface area contributed by atoms with Crippen LogP contribution in [0.2, 0.25) is 0 Å². The summed E-state index contributed by atoms with van der Waals surface area (Å²) in [6.07, 6.45) is 3.00.